The number of carbonyl (C=O) groups is 3. The summed E-state index contributed by atoms with van der Waals surface area (Å²) in [6, 6.07) is 20.0. The van der Waals surface area contributed by atoms with E-state index in [1.165, 1.54) is 17.7 Å². The fourth-order valence-corrected chi connectivity index (χ4v) is 12.0. The van der Waals surface area contributed by atoms with Crippen molar-refractivity contribution in [2.24, 2.45) is 0 Å². The first-order valence-electron chi connectivity index (χ1n) is 23.4. The largest absolute Gasteiger partial charge is 0.744 e. The molecule has 0 atom stereocenters. The lowest BCUT2D eigenvalue weighted by atomic mass is 9.81. The van der Waals surface area contributed by atoms with Crippen molar-refractivity contribution >= 4 is 66.8 Å². The molecular weight excluding hydrogens is 935 g/mol. The molecule has 3 heterocycles. The number of anilines is 1. The molecule has 1 fully saturated rings. The van der Waals surface area contributed by atoms with Crippen molar-refractivity contribution in [2.45, 2.75) is 111 Å². The van der Waals surface area contributed by atoms with Crippen molar-refractivity contribution in [3.05, 3.63) is 129 Å². The smallest absolute Gasteiger partial charge is 0.333 e. The Balaban J connectivity index is 1.18. The monoisotopic (exact) mass is 997 g/mol. The van der Waals surface area contributed by atoms with Crippen molar-refractivity contribution in [3.63, 3.8) is 0 Å². The van der Waals surface area contributed by atoms with Crippen LogP contribution in [0.2, 0.25) is 0 Å². The summed E-state index contributed by atoms with van der Waals surface area (Å²) >= 11 is 1.71. The van der Waals surface area contributed by atoms with Crippen LogP contribution in [0.4, 0.5) is 11.4 Å². The molecule has 0 unspecified atom stereocenters. The Labute approximate surface area is 411 Å². The van der Waals surface area contributed by atoms with Crippen LogP contribution in [0.15, 0.2) is 127 Å². The second-order valence-corrected chi connectivity index (χ2v) is 24.2. The van der Waals surface area contributed by atoms with Gasteiger partial charge < -0.3 is 23.5 Å². The van der Waals surface area contributed by atoms with Crippen LogP contribution in [0.3, 0.4) is 0 Å². The number of sulfonamides is 1. The molecule has 14 nitrogen and oxygen atoms in total. The lowest BCUT2D eigenvalue weighted by Gasteiger charge is -2.29. The maximum absolute atomic E-state index is 13.4. The maximum atomic E-state index is 13.4. The van der Waals surface area contributed by atoms with Gasteiger partial charge in [-0.2, -0.15) is 4.58 Å². The van der Waals surface area contributed by atoms with Crippen molar-refractivity contribution in [1.82, 2.24) is 5.06 Å². The number of thioether (sulfide) groups is 1. The van der Waals surface area contributed by atoms with Gasteiger partial charge in [-0.15, -0.1) is 5.06 Å². The molecule has 0 radical (unpaired) electrons. The number of allylic oxidation sites excluding steroid dienone is 7. The molecular formula is C52H63N5O9S3. The number of hydrogen-bond donors (Lipinski definition) is 0. The Hall–Kier alpha value is -5.17. The summed E-state index contributed by atoms with van der Waals surface area (Å²) < 4.78 is 70.4. The number of fused-ring (bicyclic) bond motifs is 2. The van der Waals surface area contributed by atoms with Gasteiger partial charge in [0.05, 0.1) is 38.0 Å². The quantitative estimate of drug-likeness (QED) is 0.0391. The van der Waals surface area contributed by atoms with E-state index in [-0.39, 0.29) is 35.6 Å². The average Bonchev–Trinajstić information content (AvgIpc) is 3.78. The maximum Gasteiger partial charge on any atom is 0.333 e. The zero-order valence-corrected chi connectivity index (χ0v) is 43.2. The topological polar surface area (TPSA) is 175 Å². The van der Waals surface area contributed by atoms with Crippen LogP contribution >= 0.6 is 11.8 Å². The van der Waals surface area contributed by atoms with Crippen LogP contribution in [0.5, 0.6) is 0 Å². The molecule has 7 rings (SSSR count). The molecule has 0 saturated carbocycles. The molecule has 1 aliphatic carbocycles. The number of benzene rings is 3. The molecule has 17 heteroatoms. The van der Waals surface area contributed by atoms with E-state index in [1.807, 2.05) is 66.3 Å². The number of unbranched alkanes of at least 4 members (excludes halogenated alkanes) is 2. The molecule has 2 amide bonds. The third kappa shape index (κ3) is 11.6. The van der Waals surface area contributed by atoms with E-state index in [1.54, 1.807) is 30.0 Å². The zero-order chi connectivity index (χ0) is 50.1. The fraction of sp³-hybridized carbons (Fsp3) is 0.423. The number of quaternary nitrogens is 1. The first kappa shape index (κ1) is 51.7. The van der Waals surface area contributed by atoms with Gasteiger partial charge in [0.1, 0.15) is 27.2 Å². The Morgan fingerprint density at radius 1 is 0.841 bits per heavy atom. The van der Waals surface area contributed by atoms with Gasteiger partial charge in [-0.05, 0) is 111 Å². The highest BCUT2D eigenvalue weighted by molar-refractivity contribution is 8.03. The first-order valence-corrected chi connectivity index (χ1v) is 27.1. The van der Waals surface area contributed by atoms with Gasteiger partial charge in [0.15, 0.2) is 5.71 Å². The Bertz CT molecular complexity index is 2910. The normalized spacial score (nSPS) is 19.4. The highest BCUT2D eigenvalue weighted by Crippen LogP contribution is 2.50. The minimum absolute atomic E-state index is 0.0248. The average molecular weight is 998 g/mol. The molecule has 0 aromatic heterocycles. The van der Waals surface area contributed by atoms with Crippen LogP contribution in [0.1, 0.15) is 96.6 Å². The molecule has 3 aromatic rings. The number of nitrogens with zero attached hydrogens (tertiary/aromatic N) is 5. The van der Waals surface area contributed by atoms with Gasteiger partial charge in [-0.3, -0.25) is 9.59 Å². The summed E-state index contributed by atoms with van der Waals surface area (Å²) in [6.07, 6.45) is 13.0. The van der Waals surface area contributed by atoms with E-state index in [0.29, 0.717) is 41.9 Å². The highest BCUT2D eigenvalue weighted by atomic mass is 32.2. The van der Waals surface area contributed by atoms with Crippen molar-refractivity contribution in [2.75, 3.05) is 52.7 Å². The lowest BCUT2D eigenvalue weighted by Crippen LogP contribution is -2.37. The fourth-order valence-electron chi connectivity index (χ4n) is 9.40. The molecule has 0 bridgehead atoms. The Morgan fingerprint density at radius 3 is 2.20 bits per heavy atom. The van der Waals surface area contributed by atoms with E-state index in [2.05, 4.69) is 64.5 Å². The molecule has 3 aliphatic heterocycles. The van der Waals surface area contributed by atoms with Crippen LogP contribution in [-0.2, 0) is 50.2 Å². The number of hydroxylamine groups is 2. The van der Waals surface area contributed by atoms with E-state index >= 15 is 0 Å². The lowest BCUT2D eigenvalue weighted by molar-refractivity contribution is -0.868. The van der Waals surface area contributed by atoms with E-state index in [4.69, 9.17) is 4.84 Å². The van der Waals surface area contributed by atoms with Gasteiger partial charge in [0, 0.05) is 75.0 Å². The first-order chi connectivity index (χ1) is 32.4. The van der Waals surface area contributed by atoms with E-state index < -0.39 is 48.8 Å². The van der Waals surface area contributed by atoms with Gasteiger partial charge >= 0.3 is 5.97 Å². The summed E-state index contributed by atoms with van der Waals surface area (Å²) in [6.45, 7) is 9.61. The Kier molecular flexibility index (Phi) is 15.2. The van der Waals surface area contributed by atoms with Gasteiger partial charge in [-0.1, -0.05) is 68.9 Å². The molecule has 1 saturated heterocycles. The molecule has 0 spiro atoms. The second kappa shape index (κ2) is 20.3. The van der Waals surface area contributed by atoms with Gasteiger partial charge in [-0.25, -0.2) is 21.6 Å². The third-order valence-corrected chi connectivity index (χ3v) is 16.7. The molecule has 0 N–H and O–H groups in total. The summed E-state index contributed by atoms with van der Waals surface area (Å²) in [5, 5.41) is 0.560. The van der Waals surface area contributed by atoms with Crippen molar-refractivity contribution < 1.29 is 49.7 Å². The number of amides is 2. The van der Waals surface area contributed by atoms with Crippen LogP contribution in [0, 0.1) is 0 Å². The summed E-state index contributed by atoms with van der Waals surface area (Å²) in [5.41, 5.74) is 6.41. The van der Waals surface area contributed by atoms with E-state index in [9.17, 15) is 35.8 Å². The minimum Gasteiger partial charge on any atom is -0.744 e. The molecule has 69 heavy (non-hydrogen) atoms. The van der Waals surface area contributed by atoms with Crippen molar-refractivity contribution in [1.29, 1.82) is 0 Å². The molecule has 3 aromatic carbocycles. The standard InChI is InChI=1S/C52H63N5O9S3/c1-51(2)41-34-39(68(61,62)53-31-33-57(6,7)8)23-25-43(41)54(5)45(51)27-21-36-16-15-17-37(50(36)67-38-18-11-9-12-19-38)22-28-46-52(3,4)42-35-40(69(63,64)65)24-26-44(42)55(46)32-14-10-13-20-49(60)66-56-47(58)29-30-48(56)59/h9,11-12,18-19,21-28,34-35H,10,13-17,20,29-33H2,1-8H3. The van der Waals surface area contributed by atoms with Crippen LogP contribution < -0.4 is 4.90 Å². The van der Waals surface area contributed by atoms with E-state index in [0.717, 1.165) is 68.5 Å². The number of imide groups is 1. The summed E-state index contributed by atoms with van der Waals surface area (Å²) in [5.74, 6) is -1.69. The summed E-state index contributed by atoms with van der Waals surface area (Å²) in [7, 11) is -0.546. The Morgan fingerprint density at radius 2 is 1.52 bits per heavy atom. The van der Waals surface area contributed by atoms with Crippen LogP contribution in [-0.4, -0.2) is 107 Å². The predicted octanol–water partition coefficient (Wildman–Crippen LogP) is 8.93. The molecule has 4 aliphatic rings. The number of carbonyl (C=O) groups excluding carboxylic acids is 3. The highest BCUT2D eigenvalue weighted by Gasteiger charge is 2.44. The zero-order valence-electron chi connectivity index (χ0n) is 40.8. The number of hydrogen-bond acceptors (Lipinski definition) is 11. The van der Waals surface area contributed by atoms with Gasteiger partial charge in [0.25, 0.3) is 11.8 Å². The predicted molar refractivity (Wildman–Crippen MR) is 268 cm³/mol. The van der Waals surface area contributed by atoms with Gasteiger partial charge in [0.2, 0.25) is 5.69 Å². The number of likely N-dealkylation sites (N-methyl/N-ethyl adjacent to an activating group) is 1. The van der Waals surface area contributed by atoms with Crippen LogP contribution in [0.25, 0.3) is 4.72 Å². The minimum atomic E-state index is -4.72. The number of rotatable bonds is 18. The van der Waals surface area contributed by atoms with Crippen molar-refractivity contribution in [3.8, 4) is 0 Å². The summed E-state index contributed by atoms with van der Waals surface area (Å²) in [4.78, 5) is 45.7. The third-order valence-electron chi connectivity index (χ3n) is 13.3. The second-order valence-electron chi connectivity index (χ2n) is 20.1. The SMILES string of the molecule is C[N+]1=C(/C=C/C2=C(Sc3ccccc3)C(=C/C=C3/N(CCCCCC(=O)ON4C(=O)CCC4=O)c4ccc(S(=O)(=O)[O-])cc4C3(C)C)/CCC2)C(C)(C)c2cc(S(=O)(=O)[N-]CC[N+](C)(C)C)ccc21. The molecule has 368 valence electrons.